The lowest BCUT2D eigenvalue weighted by molar-refractivity contribution is 0.0707. The molecule has 2 aliphatic heterocycles. The van der Waals surface area contributed by atoms with E-state index in [1.807, 2.05) is 4.90 Å². The minimum atomic E-state index is -0.535. The molecule has 3 nitrogen and oxygen atoms in total. The minimum Gasteiger partial charge on any atom is -0.335 e. The Kier molecular flexibility index (Phi) is 3.69. The van der Waals surface area contributed by atoms with Gasteiger partial charge in [0.1, 0.15) is 5.82 Å². The Bertz CT molecular complexity index is 537. The molecule has 0 saturated carbocycles. The maximum absolute atomic E-state index is 13.9. The Labute approximate surface area is 123 Å². The van der Waals surface area contributed by atoms with Crippen LogP contribution in [0, 0.1) is 17.7 Å². The number of likely N-dealkylation sites (tertiary alicyclic amines) is 1. The van der Waals surface area contributed by atoms with Gasteiger partial charge in [0.2, 0.25) is 0 Å². The number of carbonyl (C=O) groups is 1. The number of hydrogen-bond acceptors (Lipinski definition) is 2. The summed E-state index contributed by atoms with van der Waals surface area (Å²) in [5, 5.41) is 3.69. The summed E-state index contributed by atoms with van der Waals surface area (Å²) in [6.07, 6.45) is 0.907. The molecule has 0 radical (unpaired) electrons. The third-order valence-electron chi connectivity index (χ3n) is 4.56. The van der Waals surface area contributed by atoms with E-state index in [1.165, 1.54) is 12.1 Å². The Morgan fingerprint density at radius 2 is 2.30 bits per heavy atom. The molecule has 2 aliphatic rings. The van der Waals surface area contributed by atoms with Crippen molar-refractivity contribution in [3.8, 4) is 0 Å². The molecule has 108 valence electrons. The highest BCUT2D eigenvalue weighted by Gasteiger charge is 2.45. The van der Waals surface area contributed by atoms with Crippen molar-refractivity contribution in [1.29, 1.82) is 0 Å². The minimum absolute atomic E-state index is 0.126. The molecule has 2 fully saturated rings. The van der Waals surface area contributed by atoms with Crippen molar-refractivity contribution >= 4 is 17.5 Å². The van der Waals surface area contributed by atoms with Gasteiger partial charge in [0, 0.05) is 30.7 Å². The van der Waals surface area contributed by atoms with E-state index >= 15 is 0 Å². The van der Waals surface area contributed by atoms with Crippen molar-refractivity contribution in [1.82, 2.24) is 10.2 Å². The number of benzene rings is 1. The molecule has 5 heteroatoms. The summed E-state index contributed by atoms with van der Waals surface area (Å²) in [6, 6.07) is 4.46. The van der Waals surface area contributed by atoms with Gasteiger partial charge in [-0.15, -0.1) is 0 Å². The molecule has 2 heterocycles. The van der Waals surface area contributed by atoms with E-state index in [1.54, 1.807) is 6.07 Å². The fourth-order valence-corrected chi connectivity index (χ4v) is 3.76. The SMILES string of the molecule is CCC1C2CNCC2CN1C(=O)c1ccc(Cl)cc1F. The quantitative estimate of drug-likeness (QED) is 0.910. The van der Waals surface area contributed by atoms with Gasteiger partial charge in [-0.3, -0.25) is 4.79 Å². The number of rotatable bonds is 2. The van der Waals surface area contributed by atoms with E-state index in [-0.39, 0.29) is 17.5 Å². The molecule has 0 aromatic heterocycles. The second-order valence-electron chi connectivity index (χ2n) is 5.64. The molecule has 2 saturated heterocycles. The van der Waals surface area contributed by atoms with Gasteiger partial charge in [0.25, 0.3) is 5.91 Å². The van der Waals surface area contributed by atoms with Crippen LogP contribution < -0.4 is 5.32 Å². The maximum atomic E-state index is 13.9. The van der Waals surface area contributed by atoms with E-state index in [9.17, 15) is 9.18 Å². The van der Waals surface area contributed by atoms with Crippen LogP contribution in [0.2, 0.25) is 5.02 Å². The fraction of sp³-hybridized carbons (Fsp3) is 0.533. The highest BCUT2D eigenvalue weighted by molar-refractivity contribution is 6.30. The normalized spacial score (nSPS) is 28.8. The zero-order chi connectivity index (χ0) is 14.3. The van der Waals surface area contributed by atoms with Crippen LogP contribution in [0.15, 0.2) is 18.2 Å². The molecule has 0 bridgehead atoms. The lowest BCUT2D eigenvalue weighted by Gasteiger charge is -2.27. The van der Waals surface area contributed by atoms with Crippen LogP contribution in [0.3, 0.4) is 0 Å². The molecule has 1 N–H and O–H groups in total. The van der Waals surface area contributed by atoms with E-state index in [4.69, 9.17) is 11.6 Å². The summed E-state index contributed by atoms with van der Waals surface area (Å²) in [5.74, 6) is 0.256. The number of halogens is 2. The third-order valence-corrected chi connectivity index (χ3v) is 4.79. The Morgan fingerprint density at radius 1 is 1.50 bits per heavy atom. The summed E-state index contributed by atoms with van der Waals surface area (Å²) in [5.41, 5.74) is 0.126. The van der Waals surface area contributed by atoms with Gasteiger partial charge in [-0.05, 0) is 36.5 Å². The Morgan fingerprint density at radius 3 is 3.00 bits per heavy atom. The van der Waals surface area contributed by atoms with Crippen LogP contribution in [0.1, 0.15) is 23.7 Å². The van der Waals surface area contributed by atoms with Crippen molar-refractivity contribution in [3.63, 3.8) is 0 Å². The summed E-state index contributed by atoms with van der Waals surface area (Å²) < 4.78 is 13.9. The summed E-state index contributed by atoms with van der Waals surface area (Å²) in [7, 11) is 0. The van der Waals surface area contributed by atoms with Crippen LogP contribution in [-0.2, 0) is 0 Å². The molecule has 1 amide bonds. The van der Waals surface area contributed by atoms with Gasteiger partial charge in [-0.1, -0.05) is 18.5 Å². The Balaban J connectivity index is 1.86. The van der Waals surface area contributed by atoms with Gasteiger partial charge in [0.05, 0.1) is 5.56 Å². The summed E-state index contributed by atoms with van der Waals surface area (Å²) in [4.78, 5) is 14.5. The van der Waals surface area contributed by atoms with Crippen LogP contribution in [0.5, 0.6) is 0 Å². The zero-order valence-electron chi connectivity index (χ0n) is 11.4. The number of amides is 1. The smallest absolute Gasteiger partial charge is 0.257 e. The van der Waals surface area contributed by atoms with Crippen molar-refractivity contribution < 1.29 is 9.18 Å². The van der Waals surface area contributed by atoms with Gasteiger partial charge in [-0.2, -0.15) is 0 Å². The van der Waals surface area contributed by atoms with E-state index in [2.05, 4.69) is 12.2 Å². The lowest BCUT2D eigenvalue weighted by atomic mass is 9.93. The molecule has 20 heavy (non-hydrogen) atoms. The highest BCUT2D eigenvalue weighted by Crippen LogP contribution is 2.35. The van der Waals surface area contributed by atoms with Gasteiger partial charge in [-0.25, -0.2) is 4.39 Å². The predicted octanol–water partition coefficient (Wildman–Crippen LogP) is 2.55. The van der Waals surface area contributed by atoms with Crippen molar-refractivity contribution in [3.05, 3.63) is 34.6 Å². The zero-order valence-corrected chi connectivity index (χ0v) is 12.2. The van der Waals surface area contributed by atoms with E-state index in [0.29, 0.717) is 16.9 Å². The monoisotopic (exact) mass is 296 g/mol. The second-order valence-corrected chi connectivity index (χ2v) is 6.08. The first kappa shape index (κ1) is 13.8. The third kappa shape index (κ3) is 2.21. The molecule has 0 aliphatic carbocycles. The van der Waals surface area contributed by atoms with Crippen LogP contribution in [-0.4, -0.2) is 36.5 Å². The van der Waals surface area contributed by atoms with Gasteiger partial charge < -0.3 is 10.2 Å². The van der Waals surface area contributed by atoms with Crippen LogP contribution in [0.25, 0.3) is 0 Å². The molecule has 1 aromatic carbocycles. The molecule has 1 aromatic rings. The first-order valence-corrected chi connectivity index (χ1v) is 7.46. The molecular weight excluding hydrogens is 279 g/mol. The van der Waals surface area contributed by atoms with Crippen molar-refractivity contribution in [2.24, 2.45) is 11.8 Å². The molecule has 3 rings (SSSR count). The van der Waals surface area contributed by atoms with Crippen LogP contribution >= 0.6 is 11.6 Å². The lowest BCUT2D eigenvalue weighted by Crippen LogP contribution is -2.39. The summed E-state index contributed by atoms with van der Waals surface area (Å²) in [6.45, 7) is 4.71. The fourth-order valence-electron chi connectivity index (χ4n) is 3.60. The van der Waals surface area contributed by atoms with Crippen molar-refractivity contribution in [2.75, 3.05) is 19.6 Å². The first-order valence-electron chi connectivity index (χ1n) is 7.08. The molecule has 3 unspecified atom stereocenters. The average molecular weight is 297 g/mol. The molecule has 0 spiro atoms. The number of hydrogen-bond donors (Lipinski definition) is 1. The maximum Gasteiger partial charge on any atom is 0.257 e. The van der Waals surface area contributed by atoms with Gasteiger partial charge in [0.15, 0.2) is 0 Å². The standard InChI is InChI=1S/C15H18ClFN2O/c1-2-14-12-7-18-6-9(12)8-19(14)15(20)11-4-3-10(16)5-13(11)17/h3-5,9,12,14,18H,2,6-8H2,1H3. The predicted molar refractivity (Wildman–Crippen MR) is 76.4 cm³/mol. The first-order chi connectivity index (χ1) is 9.61. The largest absolute Gasteiger partial charge is 0.335 e. The Hall–Kier alpha value is -1.13. The molecular formula is C15H18ClFN2O. The van der Waals surface area contributed by atoms with Crippen molar-refractivity contribution in [2.45, 2.75) is 19.4 Å². The number of carbonyl (C=O) groups excluding carboxylic acids is 1. The average Bonchev–Trinajstić information content (AvgIpc) is 2.97. The summed E-state index contributed by atoms with van der Waals surface area (Å²) >= 11 is 5.74. The number of nitrogens with one attached hydrogen (secondary N) is 1. The number of fused-ring (bicyclic) bond motifs is 1. The highest BCUT2D eigenvalue weighted by atomic mass is 35.5. The van der Waals surface area contributed by atoms with E-state index in [0.717, 1.165) is 26.1 Å². The van der Waals surface area contributed by atoms with E-state index < -0.39 is 5.82 Å². The number of nitrogens with zero attached hydrogens (tertiary/aromatic N) is 1. The van der Waals surface area contributed by atoms with Crippen LogP contribution in [0.4, 0.5) is 4.39 Å². The molecule has 3 atom stereocenters. The van der Waals surface area contributed by atoms with Gasteiger partial charge >= 0.3 is 0 Å². The second kappa shape index (κ2) is 5.34. The topological polar surface area (TPSA) is 32.3 Å².